The second kappa shape index (κ2) is 10.5. The Labute approximate surface area is 157 Å². The van der Waals surface area contributed by atoms with Gasteiger partial charge in [0.05, 0.1) is 5.92 Å². The zero-order valence-electron chi connectivity index (χ0n) is 15.6. The maximum absolute atomic E-state index is 12.3. The molecule has 0 aromatic rings. The summed E-state index contributed by atoms with van der Waals surface area (Å²) < 4.78 is 85.9. The second-order valence-corrected chi connectivity index (χ2v) is 6.71. The maximum Gasteiger partial charge on any atom is 0.434 e. The van der Waals surface area contributed by atoms with Gasteiger partial charge in [0, 0.05) is 0 Å². The van der Waals surface area contributed by atoms with E-state index in [-0.39, 0.29) is 11.8 Å². The third kappa shape index (κ3) is 9.79. The molecule has 0 saturated heterocycles. The Bertz CT molecular complexity index is 527. The largest absolute Gasteiger partial charge is 0.442 e. The van der Waals surface area contributed by atoms with Gasteiger partial charge in [0.25, 0.3) is 6.10 Å². The van der Waals surface area contributed by atoms with Crippen molar-refractivity contribution in [2.45, 2.75) is 59.0 Å². The number of alkyl halides is 6. The lowest BCUT2D eigenvalue weighted by Gasteiger charge is -2.22. The van der Waals surface area contributed by atoms with Crippen LogP contribution in [-0.2, 0) is 28.6 Å². The van der Waals surface area contributed by atoms with E-state index in [2.05, 4.69) is 9.47 Å². The van der Waals surface area contributed by atoms with Crippen LogP contribution in [0.5, 0.6) is 0 Å². The van der Waals surface area contributed by atoms with E-state index in [1.54, 1.807) is 13.8 Å². The molecule has 6 nitrogen and oxygen atoms in total. The Morgan fingerprint density at radius 3 is 1.71 bits per heavy atom. The van der Waals surface area contributed by atoms with E-state index >= 15 is 0 Å². The van der Waals surface area contributed by atoms with Crippen molar-refractivity contribution in [1.82, 2.24) is 0 Å². The Kier molecular flexibility index (Phi) is 9.76. The predicted molar refractivity (Wildman–Crippen MR) is 81.4 cm³/mol. The number of hydrogen-bond donors (Lipinski definition) is 0. The molecule has 0 aliphatic rings. The zero-order chi connectivity index (χ0) is 22.3. The number of halogens is 6. The van der Waals surface area contributed by atoms with Crippen LogP contribution in [0.15, 0.2) is 0 Å². The van der Waals surface area contributed by atoms with Crippen molar-refractivity contribution < 1.29 is 54.9 Å². The van der Waals surface area contributed by atoms with Gasteiger partial charge >= 0.3 is 30.3 Å². The third-order valence-electron chi connectivity index (χ3n) is 3.39. The molecule has 1 unspecified atom stereocenters. The fourth-order valence-corrected chi connectivity index (χ4v) is 2.07. The molecule has 0 N–H and O–H groups in total. The lowest BCUT2D eigenvalue weighted by atomic mass is 9.88. The van der Waals surface area contributed by atoms with Crippen LogP contribution in [0.2, 0.25) is 0 Å². The summed E-state index contributed by atoms with van der Waals surface area (Å²) in [6.45, 7) is 6.36. The van der Waals surface area contributed by atoms with Crippen LogP contribution in [0.4, 0.5) is 26.3 Å². The van der Waals surface area contributed by atoms with E-state index in [0.717, 1.165) is 0 Å². The van der Waals surface area contributed by atoms with Gasteiger partial charge in [0.15, 0.2) is 0 Å². The van der Waals surface area contributed by atoms with Gasteiger partial charge in [-0.2, -0.15) is 26.3 Å². The molecule has 0 aromatic carbocycles. The molecule has 0 aliphatic heterocycles. The molecule has 0 heterocycles. The van der Waals surface area contributed by atoms with E-state index in [4.69, 9.17) is 4.74 Å². The fourth-order valence-electron chi connectivity index (χ4n) is 2.07. The van der Waals surface area contributed by atoms with Crippen LogP contribution in [0.1, 0.15) is 40.5 Å². The lowest BCUT2D eigenvalue weighted by molar-refractivity contribution is -0.313. The van der Waals surface area contributed by atoms with E-state index in [1.807, 2.05) is 13.8 Å². The Balaban J connectivity index is 4.55. The van der Waals surface area contributed by atoms with Crippen molar-refractivity contribution in [3.8, 4) is 0 Å². The molecule has 1 atom stereocenters. The SMILES string of the molecule is CC(C)CC(C(=O)OCOC(=O)CC(=O)OC(C(F)(F)F)C(F)(F)F)C(C)C. The summed E-state index contributed by atoms with van der Waals surface area (Å²) in [4.78, 5) is 34.4. The normalized spacial score (nSPS) is 13.6. The van der Waals surface area contributed by atoms with E-state index in [0.29, 0.717) is 6.42 Å². The maximum atomic E-state index is 12.3. The molecule has 0 rings (SSSR count). The van der Waals surface area contributed by atoms with E-state index < -0.39 is 55.5 Å². The molecule has 0 radical (unpaired) electrons. The molecule has 0 bridgehead atoms. The molecule has 164 valence electrons. The monoisotopic (exact) mass is 424 g/mol. The number of carbonyl (C=O) groups is 3. The number of hydrogen-bond acceptors (Lipinski definition) is 6. The van der Waals surface area contributed by atoms with Crippen LogP contribution in [0.25, 0.3) is 0 Å². The first-order chi connectivity index (χ1) is 12.6. The number of rotatable bonds is 9. The number of esters is 3. The second-order valence-electron chi connectivity index (χ2n) is 6.71. The van der Waals surface area contributed by atoms with Crippen LogP contribution in [0.3, 0.4) is 0 Å². The summed E-state index contributed by atoms with van der Waals surface area (Å²) in [5.41, 5.74) is 0. The summed E-state index contributed by atoms with van der Waals surface area (Å²) in [5.74, 6) is -4.69. The summed E-state index contributed by atoms with van der Waals surface area (Å²) in [6.07, 6.45) is -17.2. The smallest absolute Gasteiger partial charge is 0.434 e. The Hall–Kier alpha value is -2.01. The third-order valence-corrected chi connectivity index (χ3v) is 3.39. The van der Waals surface area contributed by atoms with Crippen molar-refractivity contribution in [1.29, 1.82) is 0 Å². The minimum Gasteiger partial charge on any atom is -0.442 e. The summed E-state index contributed by atoms with van der Waals surface area (Å²) >= 11 is 0. The van der Waals surface area contributed by atoms with Gasteiger partial charge in [-0.3, -0.25) is 14.4 Å². The van der Waals surface area contributed by atoms with Gasteiger partial charge in [-0.1, -0.05) is 27.7 Å². The molecule has 0 aliphatic carbocycles. The van der Waals surface area contributed by atoms with Crippen LogP contribution < -0.4 is 0 Å². The molecule has 0 aromatic heterocycles. The fraction of sp³-hybridized carbons (Fsp3) is 0.812. The first-order valence-corrected chi connectivity index (χ1v) is 8.20. The van der Waals surface area contributed by atoms with Gasteiger partial charge < -0.3 is 14.2 Å². The van der Waals surface area contributed by atoms with E-state index in [1.165, 1.54) is 0 Å². The lowest BCUT2D eigenvalue weighted by Crippen LogP contribution is -2.45. The first kappa shape index (κ1) is 26.0. The Morgan fingerprint density at radius 1 is 0.821 bits per heavy atom. The first-order valence-electron chi connectivity index (χ1n) is 8.20. The molecule has 28 heavy (non-hydrogen) atoms. The highest BCUT2D eigenvalue weighted by atomic mass is 19.4. The van der Waals surface area contributed by atoms with Crippen LogP contribution in [-0.4, -0.2) is 43.2 Å². The summed E-state index contributed by atoms with van der Waals surface area (Å²) in [7, 11) is 0. The molecule has 0 spiro atoms. The summed E-state index contributed by atoms with van der Waals surface area (Å²) in [6, 6.07) is 0. The predicted octanol–water partition coefficient (Wildman–Crippen LogP) is 3.78. The quantitative estimate of drug-likeness (QED) is 0.243. The molecular weight excluding hydrogens is 402 g/mol. The Morgan fingerprint density at radius 2 is 1.32 bits per heavy atom. The van der Waals surface area contributed by atoms with E-state index in [9.17, 15) is 40.7 Å². The minimum absolute atomic E-state index is 0.0813. The van der Waals surface area contributed by atoms with Crippen molar-refractivity contribution in [2.75, 3.05) is 6.79 Å². The zero-order valence-corrected chi connectivity index (χ0v) is 15.6. The highest BCUT2D eigenvalue weighted by molar-refractivity contribution is 5.91. The van der Waals surface area contributed by atoms with Gasteiger partial charge in [0.1, 0.15) is 6.42 Å². The molecule has 0 saturated carbocycles. The van der Waals surface area contributed by atoms with Crippen molar-refractivity contribution in [2.24, 2.45) is 17.8 Å². The van der Waals surface area contributed by atoms with Gasteiger partial charge in [-0.05, 0) is 18.3 Å². The average molecular weight is 424 g/mol. The van der Waals surface area contributed by atoms with Crippen molar-refractivity contribution in [3.63, 3.8) is 0 Å². The molecule has 0 amide bonds. The van der Waals surface area contributed by atoms with Crippen LogP contribution >= 0.6 is 0 Å². The number of ether oxygens (including phenoxy) is 3. The average Bonchev–Trinajstić information content (AvgIpc) is 2.47. The summed E-state index contributed by atoms with van der Waals surface area (Å²) in [5, 5.41) is 0. The highest BCUT2D eigenvalue weighted by Gasteiger charge is 2.59. The molecule has 12 heteroatoms. The standard InChI is InChI=1S/C16H22F6O6/c1-8(2)5-10(9(3)4)13(25)27-7-26-11(23)6-12(24)28-14(15(17,18)19)16(20,21)22/h8-10,14H,5-7H2,1-4H3. The van der Waals surface area contributed by atoms with Crippen molar-refractivity contribution in [3.05, 3.63) is 0 Å². The highest BCUT2D eigenvalue weighted by Crippen LogP contribution is 2.35. The van der Waals surface area contributed by atoms with Crippen molar-refractivity contribution >= 4 is 17.9 Å². The van der Waals surface area contributed by atoms with Gasteiger partial charge in [0.2, 0.25) is 6.79 Å². The number of carbonyl (C=O) groups excluding carboxylic acids is 3. The molecule has 0 fully saturated rings. The minimum atomic E-state index is -5.89. The van der Waals surface area contributed by atoms with Gasteiger partial charge in [-0.25, -0.2) is 0 Å². The topological polar surface area (TPSA) is 78.9 Å². The molecular formula is C16H22F6O6. The van der Waals surface area contributed by atoms with Gasteiger partial charge in [-0.15, -0.1) is 0 Å². The van der Waals surface area contributed by atoms with Crippen LogP contribution in [0, 0.1) is 17.8 Å².